The summed E-state index contributed by atoms with van der Waals surface area (Å²) in [6, 6.07) is 18.3. The van der Waals surface area contributed by atoms with E-state index in [-0.39, 0.29) is 12.6 Å². The standard InChI is InChI=1S/C19H19N3O/c23-13-15-9-6-12-22(15)19-16-10-4-5-11-17(16)20-18(21-19)14-7-2-1-3-8-14/h1-5,7-8,10-11,15,23H,6,9,12-13H2/t15-/m1/s1. The van der Waals surface area contributed by atoms with Crippen LogP contribution in [0.25, 0.3) is 22.3 Å². The van der Waals surface area contributed by atoms with Crippen LogP contribution in [0.5, 0.6) is 0 Å². The van der Waals surface area contributed by atoms with Crippen molar-refractivity contribution in [1.29, 1.82) is 0 Å². The average molecular weight is 305 g/mol. The lowest BCUT2D eigenvalue weighted by Crippen LogP contribution is -2.33. The number of anilines is 1. The molecule has 1 fully saturated rings. The monoisotopic (exact) mass is 305 g/mol. The van der Waals surface area contributed by atoms with Gasteiger partial charge < -0.3 is 10.0 Å². The second-order valence-electron chi connectivity index (χ2n) is 5.93. The van der Waals surface area contributed by atoms with E-state index in [9.17, 15) is 5.11 Å². The Morgan fingerprint density at radius 2 is 1.78 bits per heavy atom. The SMILES string of the molecule is OC[C@H]1CCCN1c1nc(-c2ccccc2)nc2ccccc12. The topological polar surface area (TPSA) is 49.2 Å². The molecule has 0 bridgehead atoms. The molecule has 1 N–H and O–H groups in total. The number of aliphatic hydroxyl groups is 1. The third kappa shape index (κ3) is 2.55. The van der Waals surface area contributed by atoms with Crippen LogP contribution in [0.1, 0.15) is 12.8 Å². The predicted octanol–water partition coefficient (Wildman–Crippen LogP) is 3.26. The summed E-state index contributed by atoms with van der Waals surface area (Å²) in [5.74, 6) is 1.67. The fourth-order valence-corrected chi connectivity index (χ4v) is 3.30. The molecule has 2 heterocycles. The van der Waals surface area contributed by atoms with Gasteiger partial charge in [0.2, 0.25) is 0 Å². The molecule has 116 valence electrons. The molecule has 0 radical (unpaired) electrons. The van der Waals surface area contributed by atoms with Crippen molar-refractivity contribution in [3.8, 4) is 11.4 Å². The minimum atomic E-state index is 0.150. The van der Waals surface area contributed by atoms with E-state index in [1.807, 2.05) is 48.5 Å². The zero-order valence-corrected chi connectivity index (χ0v) is 12.9. The number of rotatable bonds is 3. The number of hydrogen-bond acceptors (Lipinski definition) is 4. The lowest BCUT2D eigenvalue weighted by molar-refractivity contribution is 0.266. The van der Waals surface area contributed by atoms with Crippen molar-refractivity contribution in [3.63, 3.8) is 0 Å². The van der Waals surface area contributed by atoms with Crippen LogP contribution in [-0.2, 0) is 0 Å². The fraction of sp³-hybridized carbons (Fsp3) is 0.263. The molecular formula is C19H19N3O. The molecule has 0 spiro atoms. The Bertz CT molecular complexity index is 819. The molecule has 1 aromatic heterocycles. The molecule has 0 unspecified atom stereocenters. The van der Waals surface area contributed by atoms with Crippen molar-refractivity contribution in [3.05, 3.63) is 54.6 Å². The van der Waals surface area contributed by atoms with Crippen LogP contribution in [-0.4, -0.2) is 34.3 Å². The highest BCUT2D eigenvalue weighted by molar-refractivity contribution is 5.91. The molecular weight excluding hydrogens is 286 g/mol. The molecule has 0 saturated carbocycles. The van der Waals surface area contributed by atoms with Crippen molar-refractivity contribution >= 4 is 16.7 Å². The molecule has 2 aromatic carbocycles. The molecule has 1 aliphatic heterocycles. The second kappa shape index (κ2) is 5.97. The Balaban J connectivity index is 1.91. The van der Waals surface area contributed by atoms with Gasteiger partial charge in [0.25, 0.3) is 0 Å². The Morgan fingerprint density at radius 1 is 1.00 bits per heavy atom. The Labute approximate surface area is 135 Å². The van der Waals surface area contributed by atoms with Crippen LogP contribution in [0.15, 0.2) is 54.6 Å². The zero-order chi connectivity index (χ0) is 15.6. The van der Waals surface area contributed by atoms with E-state index < -0.39 is 0 Å². The predicted molar refractivity (Wildman–Crippen MR) is 92.4 cm³/mol. The van der Waals surface area contributed by atoms with E-state index >= 15 is 0 Å². The first-order valence-electron chi connectivity index (χ1n) is 8.06. The smallest absolute Gasteiger partial charge is 0.162 e. The van der Waals surface area contributed by atoms with Gasteiger partial charge in [-0.25, -0.2) is 9.97 Å². The van der Waals surface area contributed by atoms with Gasteiger partial charge in [-0.15, -0.1) is 0 Å². The van der Waals surface area contributed by atoms with Crippen LogP contribution in [0.2, 0.25) is 0 Å². The van der Waals surface area contributed by atoms with Crippen molar-refractivity contribution in [1.82, 2.24) is 9.97 Å². The molecule has 0 amide bonds. The van der Waals surface area contributed by atoms with Gasteiger partial charge >= 0.3 is 0 Å². The maximum atomic E-state index is 9.67. The van der Waals surface area contributed by atoms with Crippen LogP contribution in [0, 0.1) is 0 Å². The van der Waals surface area contributed by atoms with E-state index in [1.54, 1.807) is 0 Å². The Morgan fingerprint density at radius 3 is 2.61 bits per heavy atom. The van der Waals surface area contributed by atoms with Gasteiger partial charge in [0.05, 0.1) is 18.2 Å². The average Bonchev–Trinajstić information content (AvgIpc) is 3.10. The lowest BCUT2D eigenvalue weighted by atomic mass is 10.1. The first-order valence-corrected chi connectivity index (χ1v) is 8.06. The van der Waals surface area contributed by atoms with Crippen molar-refractivity contribution < 1.29 is 5.11 Å². The van der Waals surface area contributed by atoms with Crippen molar-refractivity contribution in [2.45, 2.75) is 18.9 Å². The highest BCUT2D eigenvalue weighted by Gasteiger charge is 2.27. The van der Waals surface area contributed by atoms with Gasteiger partial charge in [0.15, 0.2) is 5.82 Å². The van der Waals surface area contributed by atoms with Crippen LogP contribution in [0.3, 0.4) is 0 Å². The third-order valence-electron chi connectivity index (χ3n) is 4.48. The molecule has 1 atom stereocenters. The van der Waals surface area contributed by atoms with Crippen LogP contribution in [0.4, 0.5) is 5.82 Å². The normalized spacial score (nSPS) is 17.8. The van der Waals surface area contributed by atoms with E-state index in [0.29, 0.717) is 0 Å². The Kier molecular flexibility index (Phi) is 3.67. The molecule has 0 aliphatic carbocycles. The first-order chi connectivity index (χ1) is 11.4. The summed E-state index contributed by atoms with van der Waals surface area (Å²) in [5, 5.41) is 10.7. The number of benzene rings is 2. The maximum absolute atomic E-state index is 9.67. The van der Waals surface area contributed by atoms with Gasteiger partial charge in [0, 0.05) is 17.5 Å². The second-order valence-corrected chi connectivity index (χ2v) is 5.93. The molecule has 3 aromatic rings. The molecule has 1 aliphatic rings. The highest BCUT2D eigenvalue weighted by Crippen LogP contribution is 2.31. The number of para-hydroxylation sites is 1. The van der Waals surface area contributed by atoms with Gasteiger partial charge in [0.1, 0.15) is 5.82 Å². The summed E-state index contributed by atoms with van der Waals surface area (Å²) in [6.45, 7) is 1.10. The number of nitrogens with zero attached hydrogens (tertiary/aromatic N) is 3. The van der Waals surface area contributed by atoms with Gasteiger partial charge in [-0.05, 0) is 25.0 Å². The summed E-state index contributed by atoms with van der Waals surface area (Å²) in [5.41, 5.74) is 1.96. The van der Waals surface area contributed by atoms with Crippen molar-refractivity contribution in [2.75, 3.05) is 18.1 Å². The maximum Gasteiger partial charge on any atom is 0.162 e. The van der Waals surface area contributed by atoms with E-state index in [1.165, 1.54) is 0 Å². The zero-order valence-electron chi connectivity index (χ0n) is 12.9. The molecule has 4 rings (SSSR count). The summed E-state index contributed by atoms with van der Waals surface area (Å²) in [7, 11) is 0. The fourth-order valence-electron chi connectivity index (χ4n) is 3.30. The molecule has 4 heteroatoms. The summed E-state index contributed by atoms with van der Waals surface area (Å²) in [4.78, 5) is 11.8. The largest absolute Gasteiger partial charge is 0.394 e. The highest BCUT2D eigenvalue weighted by atomic mass is 16.3. The summed E-state index contributed by atoms with van der Waals surface area (Å²) in [6.07, 6.45) is 2.10. The molecule has 1 saturated heterocycles. The molecule has 23 heavy (non-hydrogen) atoms. The number of fused-ring (bicyclic) bond motifs is 1. The summed E-state index contributed by atoms with van der Waals surface area (Å²) < 4.78 is 0. The van der Waals surface area contributed by atoms with Crippen LogP contribution >= 0.6 is 0 Å². The van der Waals surface area contributed by atoms with E-state index in [0.717, 1.165) is 47.5 Å². The van der Waals surface area contributed by atoms with Gasteiger partial charge in [-0.1, -0.05) is 42.5 Å². The minimum Gasteiger partial charge on any atom is -0.394 e. The number of aliphatic hydroxyl groups excluding tert-OH is 1. The van der Waals surface area contributed by atoms with E-state index in [4.69, 9.17) is 9.97 Å². The van der Waals surface area contributed by atoms with Gasteiger partial charge in [-0.3, -0.25) is 0 Å². The minimum absolute atomic E-state index is 0.150. The lowest BCUT2D eigenvalue weighted by Gasteiger charge is -2.25. The molecule has 4 nitrogen and oxygen atoms in total. The van der Waals surface area contributed by atoms with Crippen LogP contribution < -0.4 is 4.90 Å². The first kappa shape index (κ1) is 14.2. The van der Waals surface area contributed by atoms with E-state index in [2.05, 4.69) is 11.0 Å². The summed E-state index contributed by atoms with van der Waals surface area (Å²) >= 11 is 0. The Hall–Kier alpha value is -2.46. The number of aromatic nitrogens is 2. The van der Waals surface area contributed by atoms with Gasteiger partial charge in [-0.2, -0.15) is 0 Å². The van der Waals surface area contributed by atoms with Crippen molar-refractivity contribution in [2.24, 2.45) is 0 Å². The third-order valence-corrected chi connectivity index (χ3v) is 4.48. The number of hydrogen-bond donors (Lipinski definition) is 1. The quantitative estimate of drug-likeness (QED) is 0.807.